The van der Waals surface area contributed by atoms with Gasteiger partial charge in [-0.15, -0.1) is 0 Å². The molecular weight excluding hydrogens is 324 g/mol. The van der Waals surface area contributed by atoms with Crippen molar-refractivity contribution in [1.29, 1.82) is 0 Å². The SMILES string of the molecule is COc1ccnc(N2CCN(C(=O)C3CCC(C(=O)O)CC3)CC2)n1. The topological polar surface area (TPSA) is 95.9 Å². The normalized spacial score (nSPS) is 24.0. The molecule has 2 fully saturated rings. The molecule has 1 aliphatic carbocycles. The molecule has 2 aliphatic rings. The Balaban J connectivity index is 1.52. The van der Waals surface area contributed by atoms with E-state index in [-0.39, 0.29) is 17.7 Å². The predicted octanol–water partition coefficient (Wildman–Crippen LogP) is 1.02. The lowest BCUT2D eigenvalue weighted by atomic mass is 9.81. The van der Waals surface area contributed by atoms with Crippen molar-refractivity contribution in [3.05, 3.63) is 12.3 Å². The molecule has 1 aromatic heterocycles. The van der Waals surface area contributed by atoms with Gasteiger partial charge in [-0.25, -0.2) is 4.98 Å². The van der Waals surface area contributed by atoms with Crippen molar-refractivity contribution in [2.45, 2.75) is 25.7 Å². The number of methoxy groups -OCH3 is 1. The van der Waals surface area contributed by atoms with Crippen molar-refractivity contribution in [2.75, 3.05) is 38.2 Å². The summed E-state index contributed by atoms with van der Waals surface area (Å²) in [4.78, 5) is 36.3. The van der Waals surface area contributed by atoms with Crippen LogP contribution in [0.25, 0.3) is 0 Å². The third-order valence-corrected chi connectivity index (χ3v) is 5.13. The van der Waals surface area contributed by atoms with Gasteiger partial charge in [-0.2, -0.15) is 4.98 Å². The number of anilines is 1. The molecule has 0 radical (unpaired) electrons. The van der Waals surface area contributed by atoms with Crippen LogP contribution in [0.1, 0.15) is 25.7 Å². The van der Waals surface area contributed by atoms with Gasteiger partial charge in [0.1, 0.15) is 0 Å². The Hall–Kier alpha value is -2.38. The second kappa shape index (κ2) is 7.67. The summed E-state index contributed by atoms with van der Waals surface area (Å²) in [6, 6.07) is 1.71. The van der Waals surface area contributed by atoms with Crippen LogP contribution in [-0.2, 0) is 9.59 Å². The van der Waals surface area contributed by atoms with Crippen molar-refractivity contribution < 1.29 is 19.4 Å². The molecular formula is C17H24N4O4. The van der Waals surface area contributed by atoms with Gasteiger partial charge in [0, 0.05) is 44.4 Å². The number of rotatable bonds is 4. The lowest BCUT2D eigenvalue weighted by Gasteiger charge is -2.37. The van der Waals surface area contributed by atoms with E-state index in [9.17, 15) is 9.59 Å². The van der Waals surface area contributed by atoms with Crippen LogP contribution in [0.5, 0.6) is 5.88 Å². The first-order valence-electron chi connectivity index (χ1n) is 8.72. The van der Waals surface area contributed by atoms with Crippen LogP contribution in [0.3, 0.4) is 0 Å². The molecule has 0 spiro atoms. The Morgan fingerprint density at radius 3 is 2.36 bits per heavy atom. The highest BCUT2D eigenvalue weighted by atomic mass is 16.5. The number of piperazine rings is 1. The van der Waals surface area contributed by atoms with Gasteiger partial charge in [-0.3, -0.25) is 9.59 Å². The van der Waals surface area contributed by atoms with Crippen LogP contribution < -0.4 is 9.64 Å². The zero-order chi connectivity index (χ0) is 17.8. The van der Waals surface area contributed by atoms with Gasteiger partial charge >= 0.3 is 5.97 Å². The highest BCUT2D eigenvalue weighted by Crippen LogP contribution is 2.30. The molecule has 3 rings (SSSR count). The first kappa shape index (κ1) is 17.4. The summed E-state index contributed by atoms with van der Waals surface area (Å²) in [6.45, 7) is 2.64. The zero-order valence-electron chi connectivity index (χ0n) is 14.4. The molecule has 0 atom stereocenters. The molecule has 25 heavy (non-hydrogen) atoms. The smallest absolute Gasteiger partial charge is 0.306 e. The fraction of sp³-hybridized carbons (Fsp3) is 0.647. The molecule has 1 saturated heterocycles. The average Bonchev–Trinajstić information content (AvgIpc) is 2.67. The van der Waals surface area contributed by atoms with Crippen LogP contribution in [0, 0.1) is 11.8 Å². The first-order chi connectivity index (χ1) is 12.1. The van der Waals surface area contributed by atoms with Crippen molar-refractivity contribution >= 4 is 17.8 Å². The average molecular weight is 348 g/mol. The molecule has 0 unspecified atom stereocenters. The molecule has 1 aromatic rings. The van der Waals surface area contributed by atoms with E-state index in [1.807, 2.05) is 9.80 Å². The van der Waals surface area contributed by atoms with E-state index in [1.54, 1.807) is 19.4 Å². The van der Waals surface area contributed by atoms with Crippen molar-refractivity contribution in [3.8, 4) is 5.88 Å². The number of hydrogen-bond donors (Lipinski definition) is 1. The molecule has 1 amide bonds. The van der Waals surface area contributed by atoms with Crippen molar-refractivity contribution in [1.82, 2.24) is 14.9 Å². The van der Waals surface area contributed by atoms with Gasteiger partial charge in [0.2, 0.25) is 17.7 Å². The molecule has 0 bridgehead atoms. The Morgan fingerprint density at radius 1 is 1.12 bits per heavy atom. The minimum Gasteiger partial charge on any atom is -0.481 e. The monoisotopic (exact) mass is 348 g/mol. The van der Waals surface area contributed by atoms with Crippen LogP contribution in [0.2, 0.25) is 0 Å². The summed E-state index contributed by atoms with van der Waals surface area (Å²) >= 11 is 0. The van der Waals surface area contributed by atoms with E-state index in [0.29, 0.717) is 63.7 Å². The van der Waals surface area contributed by atoms with Gasteiger partial charge in [0.15, 0.2) is 0 Å². The standard InChI is InChI=1S/C17H24N4O4/c1-25-14-6-7-18-17(19-14)21-10-8-20(9-11-21)15(22)12-2-4-13(5-3-12)16(23)24/h6-7,12-13H,2-5,8-11H2,1H3,(H,23,24). The first-order valence-corrected chi connectivity index (χ1v) is 8.72. The molecule has 8 nitrogen and oxygen atoms in total. The van der Waals surface area contributed by atoms with Gasteiger partial charge in [0.25, 0.3) is 0 Å². The highest BCUT2D eigenvalue weighted by molar-refractivity contribution is 5.79. The summed E-state index contributed by atoms with van der Waals surface area (Å²) in [5, 5.41) is 9.06. The fourth-order valence-corrected chi connectivity index (χ4v) is 3.57. The van der Waals surface area contributed by atoms with E-state index in [0.717, 1.165) is 0 Å². The number of amides is 1. The summed E-state index contributed by atoms with van der Waals surface area (Å²) < 4.78 is 5.13. The number of aromatic nitrogens is 2. The third kappa shape index (κ3) is 4.00. The van der Waals surface area contributed by atoms with Gasteiger partial charge in [-0.05, 0) is 25.7 Å². The van der Waals surface area contributed by atoms with Crippen LogP contribution in [0.15, 0.2) is 12.3 Å². The molecule has 1 saturated carbocycles. The number of carbonyl (C=O) groups excluding carboxylic acids is 1. The van der Waals surface area contributed by atoms with E-state index in [4.69, 9.17) is 9.84 Å². The van der Waals surface area contributed by atoms with Crippen LogP contribution in [-0.4, -0.2) is 65.1 Å². The number of carbonyl (C=O) groups is 2. The Kier molecular flexibility index (Phi) is 5.35. The Bertz CT molecular complexity index is 623. The maximum Gasteiger partial charge on any atom is 0.306 e. The predicted molar refractivity (Wildman–Crippen MR) is 90.5 cm³/mol. The summed E-state index contributed by atoms with van der Waals surface area (Å²) in [5.74, 6) is 0.251. The summed E-state index contributed by atoms with van der Waals surface area (Å²) in [7, 11) is 1.57. The number of ether oxygens (including phenoxy) is 1. The zero-order valence-corrected chi connectivity index (χ0v) is 14.4. The second-order valence-corrected chi connectivity index (χ2v) is 6.60. The Labute approximate surface area is 146 Å². The third-order valence-electron chi connectivity index (χ3n) is 5.13. The van der Waals surface area contributed by atoms with E-state index < -0.39 is 5.97 Å². The second-order valence-electron chi connectivity index (χ2n) is 6.60. The van der Waals surface area contributed by atoms with Crippen LogP contribution >= 0.6 is 0 Å². The fourth-order valence-electron chi connectivity index (χ4n) is 3.57. The van der Waals surface area contributed by atoms with E-state index >= 15 is 0 Å². The molecule has 136 valence electrons. The lowest BCUT2D eigenvalue weighted by Crippen LogP contribution is -2.51. The summed E-state index contributed by atoms with van der Waals surface area (Å²) in [6.07, 6.45) is 4.22. The molecule has 1 aliphatic heterocycles. The number of carboxylic acid groups (broad SMARTS) is 1. The lowest BCUT2D eigenvalue weighted by molar-refractivity contribution is -0.145. The maximum absolute atomic E-state index is 12.7. The largest absolute Gasteiger partial charge is 0.481 e. The number of carboxylic acids is 1. The quantitative estimate of drug-likeness (QED) is 0.868. The molecule has 0 aromatic carbocycles. The van der Waals surface area contributed by atoms with Crippen molar-refractivity contribution in [2.24, 2.45) is 11.8 Å². The van der Waals surface area contributed by atoms with Crippen LogP contribution in [0.4, 0.5) is 5.95 Å². The van der Waals surface area contributed by atoms with Gasteiger partial charge in [0.05, 0.1) is 13.0 Å². The number of hydrogen-bond acceptors (Lipinski definition) is 6. The van der Waals surface area contributed by atoms with E-state index in [2.05, 4.69) is 9.97 Å². The summed E-state index contributed by atoms with van der Waals surface area (Å²) in [5.41, 5.74) is 0. The minimum absolute atomic E-state index is 0.0322. The van der Waals surface area contributed by atoms with Gasteiger partial charge in [-0.1, -0.05) is 0 Å². The maximum atomic E-state index is 12.7. The highest BCUT2D eigenvalue weighted by Gasteiger charge is 2.33. The number of nitrogens with zero attached hydrogens (tertiary/aromatic N) is 4. The minimum atomic E-state index is -0.738. The molecule has 8 heteroatoms. The van der Waals surface area contributed by atoms with E-state index in [1.165, 1.54) is 0 Å². The molecule has 1 N–H and O–H groups in total. The molecule has 2 heterocycles. The Morgan fingerprint density at radius 2 is 1.76 bits per heavy atom. The number of aliphatic carboxylic acids is 1. The van der Waals surface area contributed by atoms with Gasteiger partial charge < -0.3 is 19.6 Å². The van der Waals surface area contributed by atoms with Crippen molar-refractivity contribution in [3.63, 3.8) is 0 Å².